The van der Waals surface area contributed by atoms with E-state index in [4.69, 9.17) is 14.9 Å². The first kappa shape index (κ1) is 45.2. The summed E-state index contributed by atoms with van der Waals surface area (Å²) < 4.78 is 56.4. The van der Waals surface area contributed by atoms with Crippen LogP contribution in [0, 0.1) is 24.8 Å². The van der Waals surface area contributed by atoms with Gasteiger partial charge in [-0.15, -0.1) is 18.2 Å². The number of halogens is 1. The molecule has 0 fully saturated rings. The average Bonchev–Trinajstić information content (AvgIpc) is 4.09. The number of fused-ring (bicyclic) bond motifs is 4. The fourth-order valence-corrected chi connectivity index (χ4v) is 13.0. The Kier molecular flexibility index (Phi) is 12.9. The summed E-state index contributed by atoms with van der Waals surface area (Å²) in [6.45, 7) is 1.68. The van der Waals surface area contributed by atoms with Crippen LogP contribution in [0.4, 0.5) is 4.39 Å². The summed E-state index contributed by atoms with van der Waals surface area (Å²) in [4.78, 5) is 9.93. The van der Waals surface area contributed by atoms with Crippen LogP contribution in [-0.2, 0) is 20.1 Å². The quantitative estimate of drug-likeness (QED) is 0.107. The minimum Gasteiger partial charge on any atom is -0.501 e. The standard InChI is InChI=1S/C44H29N2O.C23H25FGeN.Ir/c1-29-22-24-30(25-23-29)33-26-27-36-37-18-11-19-38(43(37)47-41(36)28-33)44-45-39-20-8-9-21-40(39)46(44)42-34(31-12-4-2-5-13-31)16-10-17-35(42)32-14-6-3-7-15-32;1-16(2)19-14-23(26-15-22(19)25(3,4)5)18-11-12-21(24)20(13-18)17-9-7-6-8-10-17;/h2-18,20-28H,1H3;6-10,12-16H,1-5H3;/q2*-1;/i1D3;16D;. The van der Waals surface area contributed by atoms with Crippen LogP contribution < -0.4 is 4.40 Å². The SMILES string of the molecule is [2H]C(C)(C)c1cc(-c2[c-]cc(F)c(-c3ccccc3)c2)nc[c]1[Ge]([CH3])([CH3])[CH3].[2H]C([2H])([2H])c1ccc(-c2ccc3c(c2)oc2c(-c4nc5ccccc5n4-c4c(-c5ccccc5)cccc4-c4ccccc4)[c-]ccc23)cc1.[Ir]. The molecule has 3 heterocycles. The van der Waals surface area contributed by atoms with Crippen molar-refractivity contribution < 1.29 is 34.4 Å². The zero-order valence-electron chi connectivity index (χ0n) is 45.7. The zero-order chi connectivity index (χ0) is 53.6. The van der Waals surface area contributed by atoms with Crippen molar-refractivity contribution in [3.8, 4) is 72.8 Å². The number of para-hydroxylation sites is 3. The third-order valence-corrected chi connectivity index (χ3v) is 17.6. The molecule has 0 saturated heterocycles. The van der Waals surface area contributed by atoms with Gasteiger partial charge in [-0.3, -0.25) is 4.98 Å². The Morgan fingerprint density at radius 2 is 1.26 bits per heavy atom. The van der Waals surface area contributed by atoms with Gasteiger partial charge in [-0.05, 0) is 47.3 Å². The van der Waals surface area contributed by atoms with E-state index in [1.54, 1.807) is 18.2 Å². The average molecular weight is 1210 g/mol. The Morgan fingerprint density at radius 1 is 0.635 bits per heavy atom. The van der Waals surface area contributed by atoms with Gasteiger partial charge < -0.3 is 8.98 Å². The molecule has 7 heteroatoms. The van der Waals surface area contributed by atoms with Crippen molar-refractivity contribution >= 4 is 50.6 Å². The number of imidazole rings is 1. The van der Waals surface area contributed by atoms with Gasteiger partial charge in [0.15, 0.2) is 0 Å². The Morgan fingerprint density at radius 3 is 1.89 bits per heavy atom. The maximum atomic E-state index is 14.4. The summed E-state index contributed by atoms with van der Waals surface area (Å²) in [7, 11) is 0. The number of hydrogen-bond acceptors (Lipinski definition) is 3. The van der Waals surface area contributed by atoms with Crippen LogP contribution in [0.25, 0.3) is 106 Å². The minimum absolute atomic E-state index is 0. The Labute approximate surface area is 455 Å². The fraction of sp³-hybridized carbons (Fsp3) is 0.104. The van der Waals surface area contributed by atoms with Crippen molar-refractivity contribution in [3.63, 3.8) is 0 Å². The summed E-state index contributed by atoms with van der Waals surface area (Å²) in [6, 6.07) is 74.0. The van der Waals surface area contributed by atoms with E-state index < -0.39 is 26.0 Å². The summed E-state index contributed by atoms with van der Waals surface area (Å²) in [5.74, 6) is 6.65. The molecule has 0 aliphatic rings. The van der Waals surface area contributed by atoms with Gasteiger partial charge in [0.2, 0.25) is 0 Å². The van der Waals surface area contributed by atoms with Crippen molar-refractivity contribution in [2.24, 2.45) is 0 Å². The predicted molar refractivity (Wildman–Crippen MR) is 305 cm³/mol. The molecule has 74 heavy (non-hydrogen) atoms. The number of furan rings is 1. The van der Waals surface area contributed by atoms with Gasteiger partial charge in [-0.1, -0.05) is 144 Å². The molecule has 0 bridgehead atoms. The monoisotopic (exact) mass is 1210 g/mol. The number of nitrogens with zero attached hydrogens (tertiary/aromatic N) is 3. The van der Waals surface area contributed by atoms with Gasteiger partial charge in [-0.25, -0.2) is 0 Å². The number of hydrogen-bond donors (Lipinski definition) is 0. The van der Waals surface area contributed by atoms with E-state index in [1.165, 1.54) is 10.5 Å². The van der Waals surface area contributed by atoms with E-state index in [0.717, 1.165) is 100 Å². The van der Waals surface area contributed by atoms with Crippen LogP contribution in [0.15, 0.2) is 217 Å². The molecule has 3 aromatic heterocycles. The molecule has 0 aliphatic heterocycles. The third kappa shape index (κ3) is 9.86. The van der Waals surface area contributed by atoms with Gasteiger partial charge >= 0.3 is 160 Å². The molecule has 0 spiro atoms. The normalized spacial score (nSPS) is 12.6. The van der Waals surface area contributed by atoms with Crippen LogP contribution in [-0.4, -0.2) is 27.8 Å². The van der Waals surface area contributed by atoms with E-state index >= 15 is 0 Å². The number of rotatable bonds is 9. The molecule has 0 saturated carbocycles. The maximum Gasteiger partial charge on any atom is 0.121 e. The molecule has 0 aliphatic carbocycles. The first-order valence-electron chi connectivity index (χ1n) is 26.5. The van der Waals surface area contributed by atoms with E-state index in [2.05, 4.69) is 130 Å². The first-order valence-corrected chi connectivity index (χ1v) is 31.8. The number of aromatic nitrogens is 3. The minimum atomic E-state index is -2.17. The first-order chi connectivity index (χ1) is 37.0. The molecule has 0 N–H and O–H groups in total. The summed E-state index contributed by atoms with van der Waals surface area (Å²) >= 11 is -2.17. The zero-order valence-corrected chi connectivity index (χ0v) is 46.2. The molecule has 1 radical (unpaired) electrons. The Balaban J connectivity index is 0.000000209. The van der Waals surface area contributed by atoms with Gasteiger partial charge in [0.1, 0.15) is 5.58 Å². The molecular formula is C67H54FGeIrN3O-2. The largest absolute Gasteiger partial charge is 0.501 e. The molecule has 0 unspecified atom stereocenters. The summed E-state index contributed by atoms with van der Waals surface area (Å²) in [5, 5.41) is 1.95. The van der Waals surface area contributed by atoms with Crippen LogP contribution in [0.5, 0.6) is 0 Å². The second-order valence-electron chi connectivity index (χ2n) is 19.5. The van der Waals surface area contributed by atoms with Gasteiger partial charge in [0, 0.05) is 40.7 Å². The van der Waals surface area contributed by atoms with Crippen LogP contribution >= 0.6 is 0 Å². The topological polar surface area (TPSA) is 43.9 Å². The second-order valence-corrected chi connectivity index (χ2v) is 30.1. The van der Waals surface area contributed by atoms with E-state index in [1.807, 2.05) is 111 Å². The third-order valence-electron chi connectivity index (χ3n) is 13.4. The molecule has 365 valence electrons. The van der Waals surface area contributed by atoms with Gasteiger partial charge in [0.25, 0.3) is 0 Å². The van der Waals surface area contributed by atoms with Crippen LogP contribution in [0.1, 0.15) is 36.4 Å². The van der Waals surface area contributed by atoms with E-state index in [9.17, 15) is 4.39 Å². The van der Waals surface area contributed by atoms with Gasteiger partial charge in [-0.2, -0.15) is 0 Å². The van der Waals surface area contributed by atoms with Crippen LogP contribution in [0.2, 0.25) is 17.3 Å². The second kappa shape index (κ2) is 21.2. The number of aryl methyl sites for hydroxylation is 1. The smallest absolute Gasteiger partial charge is 0.121 e. The number of benzene rings is 9. The molecule has 4 nitrogen and oxygen atoms in total. The van der Waals surface area contributed by atoms with Crippen molar-refractivity contribution in [1.82, 2.24) is 14.5 Å². The molecule has 9 aromatic carbocycles. The van der Waals surface area contributed by atoms with Crippen molar-refractivity contribution in [2.45, 2.75) is 43.9 Å². The van der Waals surface area contributed by atoms with Crippen LogP contribution in [0.3, 0.4) is 0 Å². The molecule has 12 rings (SSSR count). The van der Waals surface area contributed by atoms with Crippen molar-refractivity contribution in [3.05, 3.63) is 242 Å². The van der Waals surface area contributed by atoms with E-state index in [-0.39, 0.29) is 25.9 Å². The predicted octanol–water partition coefficient (Wildman–Crippen LogP) is 17.7. The molecule has 12 aromatic rings. The Hall–Kier alpha value is -7.48. The Bertz CT molecular complexity index is 4050. The summed E-state index contributed by atoms with van der Waals surface area (Å²) in [6.07, 6.45) is 1.93. The number of pyridine rings is 1. The molecular weight excluding hydrogens is 1150 g/mol. The molecule has 0 amide bonds. The van der Waals surface area contributed by atoms with Crippen molar-refractivity contribution in [1.29, 1.82) is 0 Å². The molecule has 0 atom stereocenters. The summed E-state index contributed by atoms with van der Waals surface area (Å²) in [5.41, 5.74) is 15.5. The maximum absolute atomic E-state index is 14.4. The van der Waals surface area contributed by atoms with E-state index in [0.29, 0.717) is 16.7 Å². The van der Waals surface area contributed by atoms with Crippen molar-refractivity contribution in [2.75, 3.05) is 0 Å². The van der Waals surface area contributed by atoms with Gasteiger partial charge in [0.05, 0.1) is 28.1 Å². The fourth-order valence-electron chi connectivity index (χ4n) is 9.73.